The van der Waals surface area contributed by atoms with Crippen molar-refractivity contribution in [2.75, 3.05) is 0 Å². The molecular weight excluding hydrogens is 581 g/mol. The average Bonchev–Trinajstić information content (AvgIpc) is 3.70. The van der Waals surface area contributed by atoms with E-state index in [1.54, 1.807) is 0 Å². The summed E-state index contributed by atoms with van der Waals surface area (Å²) < 4.78 is 9.22. The van der Waals surface area contributed by atoms with E-state index in [0.717, 1.165) is 56.7 Å². The molecule has 1 atom stereocenters. The Balaban J connectivity index is 1.28. The number of para-hydroxylation sites is 1. The second-order valence-corrected chi connectivity index (χ2v) is 13.1. The lowest BCUT2D eigenvalue weighted by atomic mass is 9.76. The van der Waals surface area contributed by atoms with Crippen LogP contribution in [-0.2, 0) is 6.42 Å². The molecular formula is C42H26N2OS. The van der Waals surface area contributed by atoms with Gasteiger partial charge in [0, 0.05) is 53.6 Å². The highest BCUT2D eigenvalue weighted by atomic mass is 32.1. The molecule has 4 heteroatoms. The third-order valence-corrected chi connectivity index (χ3v) is 10.6. The SMILES string of the molecule is c1ccc(-c2cc(C3Cc4ccccc4-c4ccc5c(oc6ccccc65)c43)nc(-c3cccc4sc5ccccc5c34)n2)cc1. The van der Waals surface area contributed by atoms with E-state index >= 15 is 0 Å². The fraction of sp³-hybridized carbons (Fsp3) is 0.0476. The van der Waals surface area contributed by atoms with Gasteiger partial charge in [0.25, 0.3) is 0 Å². The van der Waals surface area contributed by atoms with Gasteiger partial charge in [0.15, 0.2) is 5.82 Å². The van der Waals surface area contributed by atoms with Crippen molar-refractivity contribution in [3.63, 3.8) is 0 Å². The van der Waals surface area contributed by atoms with Crippen molar-refractivity contribution < 1.29 is 4.42 Å². The second kappa shape index (κ2) is 9.96. The van der Waals surface area contributed by atoms with Crippen LogP contribution in [-0.4, -0.2) is 9.97 Å². The highest BCUT2D eigenvalue weighted by Gasteiger charge is 2.32. The highest BCUT2D eigenvalue weighted by molar-refractivity contribution is 7.25. The number of hydrogen-bond acceptors (Lipinski definition) is 4. The molecule has 46 heavy (non-hydrogen) atoms. The molecule has 0 saturated heterocycles. The summed E-state index contributed by atoms with van der Waals surface area (Å²) in [6, 6.07) is 49.5. The normalized spacial score (nSPS) is 14.2. The maximum atomic E-state index is 6.70. The van der Waals surface area contributed by atoms with Gasteiger partial charge in [0.1, 0.15) is 11.2 Å². The summed E-state index contributed by atoms with van der Waals surface area (Å²) in [6.45, 7) is 0. The molecule has 3 nitrogen and oxygen atoms in total. The van der Waals surface area contributed by atoms with Crippen LogP contribution in [0.25, 0.3) is 75.9 Å². The molecule has 1 aliphatic rings. The summed E-state index contributed by atoms with van der Waals surface area (Å²) in [5, 5.41) is 4.75. The van der Waals surface area contributed by atoms with Gasteiger partial charge in [0.2, 0.25) is 0 Å². The largest absolute Gasteiger partial charge is 0.456 e. The summed E-state index contributed by atoms with van der Waals surface area (Å²) in [5.41, 5.74) is 10.9. The number of aromatic nitrogens is 2. The molecule has 0 saturated carbocycles. The molecule has 9 aromatic rings. The van der Waals surface area contributed by atoms with E-state index in [9.17, 15) is 0 Å². The Morgan fingerprint density at radius 2 is 1.35 bits per heavy atom. The Kier molecular flexibility index (Phi) is 5.57. The van der Waals surface area contributed by atoms with Gasteiger partial charge in [-0.1, -0.05) is 109 Å². The topological polar surface area (TPSA) is 38.9 Å². The third-order valence-electron chi connectivity index (χ3n) is 9.48. The van der Waals surface area contributed by atoms with Crippen molar-refractivity contribution >= 4 is 53.4 Å². The van der Waals surface area contributed by atoms with Crippen LogP contribution in [0.5, 0.6) is 0 Å². The molecule has 1 aliphatic carbocycles. The van der Waals surface area contributed by atoms with Crippen LogP contribution >= 0.6 is 11.3 Å². The quantitative estimate of drug-likeness (QED) is 0.201. The molecule has 0 aliphatic heterocycles. The minimum Gasteiger partial charge on any atom is -0.456 e. The smallest absolute Gasteiger partial charge is 0.160 e. The lowest BCUT2D eigenvalue weighted by Gasteiger charge is -2.28. The van der Waals surface area contributed by atoms with Crippen molar-refractivity contribution in [2.24, 2.45) is 0 Å². The van der Waals surface area contributed by atoms with E-state index < -0.39 is 0 Å². The fourth-order valence-corrected chi connectivity index (χ4v) is 8.54. The Morgan fingerprint density at radius 3 is 2.28 bits per heavy atom. The molecule has 0 radical (unpaired) electrons. The summed E-state index contributed by atoms with van der Waals surface area (Å²) >= 11 is 1.82. The maximum absolute atomic E-state index is 6.70. The summed E-state index contributed by atoms with van der Waals surface area (Å²) in [6.07, 6.45) is 0.829. The lowest BCUT2D eigenvalue weighted by Crippen LogP contribution is -2.15. The van der Waals surface area contributed by atoms with E-state index in [2.05, 4.69) is 133 Å². The highest BCUT2D eigenvalue weighted by Crippen LogP contribution is 2.48. The number of rotatable bonds is 3. The maximum Gasteiger partial charge on any atom is 0.160 e. The van der Waals surface area contributed by atoms with Crippen LogP contribution in [0.3, 0.4) is 0 Å². The van der Waals surface area contributed by atoms with E-state index in [1.165, 1.54) is 42.4 Å². The van der Waals surface area contributed by atoms with Gasteiger partial charge < -0.3 is 4.42 Å². The summed E-state index contributed by atoms with van der Waals surface area (Å²) in [7, 11) is 0. The molecule has 216 valence electrons. The zero-order valence-electron chi connectivity index (χ0n) is 24.8. The van der Waals surface area contributed by atoms with Gasteiger partial charge in [-0.15, -0.1) is 11.3 Å². The summed E-state index contributed by atoms with van der Waals surface area (Å²) in [4.78, 5) is 10.7. The molecule has 3 heterocycles. The molecule has 0 bridgehead atoms. The number of benzene rings is 6. The molecule has 0 fully saturated rings. The van der Waals surface area contributed by atoms with Crippen molar-refractivity contribution in [2.45, 2.75) is 12.3 Å². The Hall–Kier alpha value is -5.58. The van der Waals surface area contributed by atoms with Gasteiger partial charge in [0.05, 0.1) is 11.4 Å². The monoisotopic (exact) mass is 606 g/mol. The Labute approximate surface area is 269 Å². The van der Waals surface area contributed by atoms with E-state index in [1.807, 2.05) is 17.4 Å². The number of thiophene rings is 1. The van der Waals surface area contributed by atoms with Gasteiger partial charge in [-0.3, -0.25) is 0 Å². The van der Waals surface area contributed by atoms with Crippen LogP contribution in [0.4, 0.5) is 0 Å². The van der Waals surface area contributed by atoms with Crippen LogP contribution in [0, 0.1) is 0 Å². The van der Waals surface area contributed by atoms with Crippen molar-refractivity contribution in [1.29, 1.82) is 0 Å². The Morgan fingerprint density at radius 1 is 0.587 bits per heavy atom. The predicted molar refractivity (Wildman–Crippen MR) is 190 cm³/mol. The van der Waals surface area contributed by atoms with Crippen molar-refractivity contribution in [3.8, 4) is 33.8 Å². The van der Waals surface area contributed by atoms with Crippen molar-refractivity contribution in [3.05, 3.63) is 156 Å². The molecule has 0 amide bonds. The minimum absolute atomic E-state index is 0.0169. The van der Waals surface area contributed by atoms with Crippen LogP contribution in [0.15, 0.2) is 144 Å². The second-order valence-electron chi connectivity index (χ2n) is 12.1. The van der Waals surface area contributed by atoms with Crippen LogP contribution < -0.4 is 0 Å². The molecule has 6 aromatic carbocycles. The molecule has 0 spiro atoms. The van der Waals surface area contributed by atoms with Gasteiger partial charge in [-0.05, 0) is 53.4 Å². The van der Waals surface area contributed by atoms with Gasteiger partial charge in [-0.25, -0.2) is 9.97 Å². The predicted octanol–water partition coefficient (Wildman–Crippen LogP) is 11.4. The first kappa shape index (κ1) is 25.7. The van der Waals surface area contributed by atoms with Gasteiger partial charge in [-0.2, -0.15) is 0 Å². The number of fused-ring (bicyclic) bond motifs is 10. The zero-order valence-corrected chi connectivity index (χ0v) is 25.6. The molecule has 10 rings (SSSR count). The fourth-order valence-electron chi connectivity index (χ4n) is 7.41. The number of nitrogens with zero attached hydrogens (tertiary/aromatic N) is 2. The molecule has 1 unspecified atom stereocenters. The first-order chi connectivity index (χ1) is 22.8. The lowest BCUT2D eigenvalue weighted by molar-refractivity contribution is 0.651. The standard InChI is InChI=1S/C42H26N2OS/c1-2-11-25(12-3-1)34-24-35(44-42(43-34)32-17-10-20-38-39(32)31-16-7-9-19-37(31)46-38)33-23-26-13-4-5-14-27(26)29-21-22-30-28-15-6-8-18-36(28)45-41(30)40(29)33/h1-22,24,33H,23H2. The zero-order chi connectivity index (χ0) is 30.2. The summed E-state index contributed by atoms with van der Waals surface area (Å²) in [5.74, 6) is 0.736. The van der Waals surface area contributed by atoms with E-state index in [-0.39, 0.29) is 5.92 Å². The van der Waals surface area contributed by atoms with Crippen molar-refractivity contribution in [1.82, 2.24) is 9.97 Å². The molecule has 0 N–H and O–H groups in total. The van der Waals surface area contributed by atoms with E-state index in [0.29, 0.717) is 0 Å². The first-order valence-corrected chi connectivity index (χ1v) is 16.5. The minimum atomic E-state index is -0.0169. The number of furan rings is 1. The average molecular weight is 607 g/mol. The van der Waals surface area contributed by atoms with Crippen LogP contribution in [0.1, 0.15) is 22.7 Å². The molecule has 3 aromatic heterocycles. The number of hydrogen-bond donors (Lipinski definition) is 0. The van der Waals surface area contributed by atoms with Crippen LogP contribution in [0.2, 0.25) is 0 Å². The third kappa shape index (κ3) is 3.84. The van der Waals surface area contributed by atoms with Gasteiger partial charge >= 0.3 is 0 Å². The Bertz CT molecular complexity index is 2630. The van der Waals surface area contributed by atoms with E-state index in [4.69, 9.17) is 14.4 Å². The first-order valence-electron chi connectivity index (χ1n) is 15.7.